The molecular formula is C12H23F3N2O. The maximum Gasteiger partial charge on any atom is 0.405 e. The van der Waals surface area contributed by atoms with Crippen LogP contribution < -0.4 is 10.6 Å². The first-order valence-electron chi connectivity index (χ1n) is 6.45. The number of hydrogen-bond donors (Lipinski definition) is 2. The molecule has 18 heavy (non-hydrogen) atoms. The molecule has 6 heteroatoms. The summed E-state index contributed by atoms with van der Waals surface area (Å²) in [5.41, 5.74) is 0. The Hall–Kier alpha value is -0.780. The molecule has 3 nitrogen and oxygen atoms in total. The van der Waals surface area contributed by atoms with Gasteiger partial charge >= 0.3 is 6.18 Å². The van der Waals surface area contributed by atoms with Crippen LogP contribution in [0, 0.1) is 0 Å². The number of carbonyl (C=O) groups is 1. The van der Waals surface area contributed by atoms with Gasteiger partial charge in [-0.2, -0.15) is 13.2 Å². The monoisotopic (exact) mass is 268 g/mol. The van der Waals surface area contributed by atoms with Gasteiger partial charge in [0, 0.05) is 6.04 Å². The first kappa shape index (κ1) is 17.2. The molecule has 0 saturated heterocycles. The zero-order valence-corrected chi connectivity index (χ0v) is 11.1. The topological polar surface area (TPSA) is 41.1 Å². The highest BCUT2D eigenvalue weighted by molar-refractivity contribution is 5.78. The number of hydrogen-bond acceptors (Lipinski definition) is 2. The second kappa shape index (κ2) is 9.19. The minimum Gasteiger partial charge on any atom is -0.346 e. The van der Waals surface area contributed by atoms with Gasteiger partial charge in [0.25, 0.3) is 0 Å². The van der Waals surface area contributed by atoms with E-state index in [0.29, 0.717) is 0 Å². The van der Waals surface area contributed by atoms with Crippen molar-refractivity contribution in [2.24, 2.45) is 0 Å². The minimum atomic E-state index is -4.35. The first-order valence-corrected chi connectivity index (χ1v) is 6.45. The summed E-state index contributed by atoms with van der Waals surface area (Å²) < 4.78 is 35.6. The van der Waals surface area contributed by atoms with Crippen molar-refractivity contribution in [2.45, 2.75) is 58.2 Å². The van der Waals surface area contributed by atoms with Gasteiger partial charge in [0.1, 0.15) is 6.54 Å². The normalized spacial score (nSPS) is 13.4. The van der Waals surface area contributed by atoms with Gasteiger partial charge in [-0.15, -0.1) is 0 Å². The summed E-state index contributed by atoms with van der Waals surface area (Å²) in [4.78, 5) is 11.2. The average Bonchev–Trinajstić information content (AvgIpc) is 2.29. The lowest BCUT2D eigenvalue weighted by Crippen LogP contribution is -2.42. The lowest BCUT2D eigenvalue weighted by molar-refractivity contribution is -0.137. The molecule has 0 aromatic rings. The molecule has 1 unspecified atom stereocenters. The molecular weight excluding hydrogens is 245 g/mol. The van der Waals surface area contributed by atoms with Crippen molar-refractivity contribution in [3.8, 4) is 0 Å². The van der Waals surface area contributed by atoms with Crippen LogP contribution in [0.1, 0.15) is 46.0 Å². The molecule has 2 N–H and O–H groups in total. The molecule has 0 aliphatic carbocycles. The van der Waals surface area contributed by atoms with E-state index < -0.39 is 18.6 Å². The fourth-order valence-corrected chi connectivity index (χ4v) is 1.65. The van der Waals surface area contributed by atoms with Crippen molar-refractivity contribution in [3.05, 3.63) is 0 Å². The Morgan fingerprint density at radius 3 is 2.33 bits per heavy atom. The van der Waals surface area contributed by atoms with Crippen molar-refractivity contribution >= 4 is 5.91 Å². The van der Waals surface area contributed by atoms with Gasteiger partial charge in [-0.3, -0.25) is 4.79 Å². The van der Waals surface area contributed by atoms with E-state index in [1.807, 2.05) is 12.2 Å². The molecule has 0 aromatic heterocycles. The highest BCUT2D eigenvalue weighted by Gasteiger charge is 2.27. The van der Waals surface area contributed by atoms with Gasteiger partial charge in [-0.1, -0.05) is 33.1 Å². The Morgan fingerprint density at radius 2 is 1.83 bits per heavy atom. The Kier molecular flexibility index (Phi) is 8.79. The summed E-state index contributed by atoms with van der Waals surface area (Å²) >= 11 is 0. The standard InChI is InChI=1S/C12H23F3N2O/c1-3-5-7-10(6-4-2)16-8-11(18)17-9-12(13,14)15/h10,16H,3-9H2,1-2H3,(H,17,18). The largest absolute Gasteiger partial charge is 0.405 e. The van der Waals surface area contributed by atoms with Crippen LogP contribution in [-0.2, 0) is 4.79 Å². The molecule has 0 aromatic carbocycles. The number of carbonyl (C=O) groups excluding carboxylic acids is 1. The molecule has 108 valence electrons. The number of unbranched alkanes of at least 4 members (excludes halogenated alkanes) is 1. The summed E-state index contributed by atoms with van der Waals surface area (Å²) in [6.45, 7) is 2.81. The van der Waals surface area contributed by atoms with E-state index in [1.54, 1.807) is 0 Å². The van der Waals surface area contributed by atoms with Crippen LogP contribution in [-0.4, -0.2) is 31.2 Å². The molecule has 0 aliphatic rings. The van der Waals surface area contributed by atoms with E-state index in [2.05, 4.69) is 12.2 Å². The summed E-state index contributed by atoms with van der Waals surface area (Å²) in [7, 11) is 0. The van der Waals surface area contributed by atoms with E-state index >= 15 is 0 Å². The third-order valence-electron chi connectivity index (χ3n) is 2.58. The Balaban J connectivity index is 3.84. The van der Waals surface area contributed by atoms with E-state index in [9.17, 15) is 18.0 Å². The SMILES string of the molecule is CCCCC(CCC)NCC(=O)NCC(F)(F)F. The average molecular weight is 268 g/mol. The smallest absolute Gasteiger partial charge is 0.346 e. The van der Waals surface area contributed by atoms with Crippen LogP contribution in [0.15, 0.2) is 0 Å². The maximum atomic E-state index is 11.9. The Morgan fingerprint density at radius 1 is 1.17 bits per heavy atom. The predicted octanol–water partition coefficient (Wildman–Crippen LogP) is 2.61. The molecule has 0 fully saturated rings. The van der Waals surface area contributed by atoms with E-state index in [4.69, 9.17) is 0 Å². The molecule has 0 aliphatic heterocycles. The maximum absolute atomic E-state index is 11.9. The van der Waals surface area contributed by atoms with E-state index in [1.165, 1.54) is 0 Å². The third-order valence-corrected chi connectivity index (χ3v) is 2.58. The molecule has 1 atom stereocenters. The van der Waals surface area contributed by atoms with E-state index in [0.717, 1.165) is 32.1 Å². The Bertz CT molecular complexity index is 232. The molecule has 1 amide bonds. The zero-order chi connectivity index (χ0) is 14.0. The van der Waals surface area contributed by atoms with Crippen molar-refractivity contribution in [3.63, 3.8) is 0 Å². The number of rotatable bonds is 9. The molecule has 0 saturated carbocycles. The summed E-state index contributed by atoms with van der Waals surface area (Å²) in [6, 6.07) is 0.214. The number of amides is 1. The highest BCUT2D eigenvalue weighted by atomic mass is 19.4. The van der Waals surface area contributed by atoms with Crippen LogP contribution in [0.4, 0.5) is 13.2 Å². The number of halogens is 3. The minimum absolute atomic E-state index is 0.0511. The fraction of sp³-hybridized carbons (Fsp3) is 0.917. The van der Waals surface area contributed by atoms with Gasteiger partial charge in [0.15, 0.2) is 0 Å². The van der Waals surface area contributed by atoms with Gasteiger partial charge in [-0.05, 0) is 12.8 Å². The van der Waals surface area contributed by atoms with E-state index in [-0.39, 0.29) is 12.6 Å². The highest BCUT2D eigenvalue weighted by Crippen LogP contribution is 2.12. The van der Waals surface area contributed by atoms with Crippen molar-refractivity contribution in [2.75, 3.05) is 13.1 Å². The summed E-state index contributed by atoms with van der Waals surface area (Å²) in [5.74, 6) is -0.607. The van der Waals surface area contributed by atoms with Crippen molar-refractivity contribution in [1.82, 2.24) is 10.6 Å². The fourth-order valence-electron chi connectivity index (χ4n) is 1.65. The van der Waals surface area contributed by atoms with Gasteiger partial charge in [0.2, 0.25) is 5.91 Å². The predicted molar refractivity (Wildman–Crippen MR) is 65.3 cm³/mol. The molecule has 0 rings (SSSR count). The van der Waals surface area contributed by atoms with Crippen LogP contribution >= 0.6 is 0 Å². The van der Waals surface area contributed by atoms with Crippen LogP contribution in [0.5, 0.6) is 0 Å². The second-order valence-corrected chi connectivity index (χ2v) is 4.40. The lowest BCUT2D eigenvalue weighted by atomic mass is 10.1. The summed E-state index contributed by atoms with van der Waals surface area (Å²) in [6.07, 6.45) is 0.666. The quantitative estimate of drug-likeness (QED) is 0.675. The van der Waals surface area contributed by atoms with Crippen molar-refractivity contribution in [1.29, 1.82) is 0 Å². The zero-order valence-electron chi connectivity index (χ0n) is 11.1. The second-order valence-electron chi connectivity index (χ2n) is 4.40. The van der Waals surface area contributed by atoms with Gasteiger partial charge < -0.3 is 10.6 Å². The first-order chi connectivity index (χ1) is 8.39. The van der Waals surface area contributed by atoms with Crippen molar-refractivity contribution < 1.29 is 18.0 Å². The van der Waals surface area contributed by atoms with Gasteiger partial charge in [-0.25, -0.2) is 0 Å². The van der Waals surface area contributed by atoms with Gasteiger partial charge in [0.05, 0.1) is 6.54 Å². The molecule has 0 heterocycles. The third kappa shape index (κ3) is 10.4. The summed E-state index contributed by atoms with van der Waals surface area (Å²) in [5, 5.41) is 4.86. The number of nitrogens with one attached hydrogen (secondary N) is 2. The van der Waals surface area contributed by atoms with Crippen LogP contribution in [0.2, 0.25) is 0 Å². The number of alkyl halides is 3. The molecule has 0 spiro atoms. The molecule has 0 radical (unpaired) electrons. The van der Waals surface area contributed by atoms with Crippen LogP contribution in [0.25, 0.3) is 0 Å². The van der Waals surface area contributed by atoms with Crippen LogP contribution in [0.3, 0.4) is 0 Å². The molecule has 0 bridgehead atoms. The Labute approximate surface area is 107 Å². The lowest BCUT2D eigenvalue weighted by Gasteiger charge is -2.17.